The summed E-state index contributed by atoms with van der Waals surface area (Å²) in [7, 11) is 0. The lowest BCUT2D eigenvalue weighted by molar-refractivity contribution is 0.100. The SMILES string of the molecule is Clc1cnccc1N1CCOCC1CBr. The Kier molecular flexibility index (Phi) is 3.83. The number of rotatable bonds is 2. The van der Waals surface area contributed by atoms with Gasteiger partial charge < -0.3 is 9.64 Å². The molecule has 1 aliphatic rings. The Bertz CT molecular complexity index is 337. The summed E-state index contributed by atoms with van der Waals surface area (Å²) in [5.74, 6) is 0. The molecule has 1 atom stereocenters. The van der Waals surface area contributed by atoms with Gasteiger partial charge in [0.25, 0.3) is 0 Å². The molecule has 1 aliphatic heterocycles. The van der Waals surface area contributed by atoms with Crippen LogP contribution in [0.2, 0.25) is 5.02 Å². The summed E-state index contributed by atoms with van der Waals surface area (Å²) in [5.41, 5.74) is 1.04. The van der Waals surface area contributed by atoms with Crippen molar-refractivity contribution in [3.63, 3.8) is 0 Å². The van der Waals surface area contributed by atoms with Gasteiger partial charge in [-0.3, -0.25) is 4.98 Å². The van der Waals surface area contributed by atoms with E-state index in [0.717, 1.165) is 30.8 Å². The van der Waals surface area contributed by atoms with Crippen molar-refractivity contribution in [1.29, 1.82) is 0 Å². The summed E-state index contributed by atoms with van der Waals surface area (Å²) < 4.78 is 5.43. The molecule has 1 aromatic heterocycles. The lowest BCUT2D eigenvalue weighted by atomic mass is 10.2. The fourth-order valence-electron chi connectivity index (χ4n) is 1.70. The summed E-state index contributed by atoms with van der Waals surface area (Å²) in [6.45, 7) is 2.37. The van der Waals surface area contributed by atoms with Crippen molar-refractivity contribution in [2.75, 3.05) is 30.0 Å². The van der Waals surface area contributed by atoms with E-state index in [1.54, 1.807) is 12.4 Å². The maximum absolute atomic E-state index is 6.12. The molecular formula is C10H12BrClN2O. The molecule has 0 radical (unpaired) electrons. The quantitative estimate of drug-likeness (QED) is 0.782. The molecule has 1 unspecified atom stereocenters. The van der Waals surface area contributed by atoms with Gasteiger partial charge in [0.2, 0.25) is 0 Å². The van der Waals surface area contributed by atoms with Gasteiger partial charge in [-0.05, 0) is 6.07 Å². The molecule has 2 heterocycles. The average Bonchev–Trinajstić information content (AvgIpc) is 2.30. The van der Waals surface area contributed by atoms with Crippen LogP contribution in [-0.2, 0) is 4.74 Å². The molecule has 0 saturated carbocycles. The third-order valence-electron chi connectivity index (χ3n) is 2.47. The molecule has 1 fully saturated rings. The molecule has 0 spiro atoms. The van der Waals surface area contributed by atoms with Gasteiger partial charge in [-0.1, -0.05) is 27.5 Å². The van der Waals surface area contributed by atoms with Gasteiger partial charge in [-0.25, -0.2) is 0 Å². The predicted molar refractivity (Wildman–Crippen MR) is 65.0 cm³/mol. The Morgan fingerprint density at radius 2 is 2.53 bits per heavy atom. The van der Waals surface area contributed by atoms with Crippen LogP contribution in [0.25, 0.3) is 0 Å². The average molecular weight is 292 g/mol. The molecule has 3 nitrogen and oxygen atoms in total. The van der Waals surface area contributed by atoms with E-state index in [4.69, 9.17) is 16.3 Å². The maximum Gasteiger partial charge on any atom is 0.0822 e. The van der Waals surface area contributed by atoms with Crippen LogP contribution in [-0.4, -0.2) is 36.1 Å². The second-order valence-corrected chi connectivity index (χ2v) is 4.46. The van der Waals surface area contributed by atoms with E-state index in [1.807, 2.05) is 6.07 Å². The molecular weight excluding hydrogens is 279 g/mol. The lowest BCUT2D eigenvalue weighted by Crippen LogP contribution is -2.46. The molecule has 5 heteroatoms. The van der Waals surface area contributed by atoms with E-state index in [1.165, 1.54) is 0 Å². The minimum absolute atomic E-state index is 0.346. The number of halogens is 2. The topological polar surface area (TPSA) is 25.4 Å². The Morgan fingerprint density at radius 3 is 3.27 bits per heavy atom. The normalized spacial score (nSPS) is 21.7. The zero-order valence-corrected chi connectivity index (χ0v) is 10.5. The summed E-state index contributed by atoms with van der Waals surface area (Å²) >= 11 is 9.61. The predicted octanol–water partition coefficient (Wildman–Crippen LogP) is 2.34. The van der Waals surface area contributed by atoms with Crippen molar-refractivity contribution < 1.29 is 4.74 Å². The standard InChI is InChI=1S/C10H12BrClN2O/c11-5-8-7-15-4-3-14(8)10-1-2-13-6-9(10)12/h1-2,6,8H,3-5,7H2. The summed E-state index contributed by atoms with van der Waals surface area (Å²) in [5, 5.41) is 1.58. The van der Waals surface area contributed by atoms with Crippen LogP contribution in [0.3, 0.4) is 0 Å². The Balaban J connectivity index is 2.24. The molecule has 0 amide bonds. The van der Waals surface area contributed by atoms with Gasteiger partial charge in [0, 0.05) is 24.3 Å². The van der Waals surface area contributed by atoms with E-state index in [2.05, 4.69) is 25.8 Å². The minimum atomic E-state index is 0.346. The lowest BCUT2D eigenvalue weighted by Gasteiger charge is -2.36. The molecule has 1 aromatic rings. The first kappa shape index (κ1) is 11.2. The molecule has 0 bridgehead atoms. The third-order valence-corrected chi connectivity index (χ3v) is 3.50. The highest BCUT2D eigenvalue weighted by atomic mass is 79.9. The van der Waals surface area contributed by atoms with Crippen LogP contribution in [0.1, 0.15) is 0 Å². The number of nitrogens with zero attached hydrogens (tertiary/aromatic N) is 2. The van der Waals surface area contributed by atoms with E-state index in [9.17, 15) is 0 Å². The number of alkyl halides is 1. The maximum atomic E-state index is 6.12. The largest absolute Gasteiger partial charge is 0.377 e. The monoisotopic (exact) mass is 290 g/mol. The third kappa shape index (κ3) is 2.44. The van der Waals surface area contributed by atoms with Crippen molar-refractivity contribution in [3.05, 3.63) is 23.5 Å². The first-order valence-corrected chi connectivity index (χ1v) is 6.32. The molecule has 82 valence electrons. The van der Waals surface area contributed by atoms with Crippen molar-refractivity contribution in [3.8, 4) is 0 Å². The van der Waals surface area contributed by atoms with Gasteiger partial charge in [-0.2, -0.15) is 0 Å². The zero-order chi connectivity index (χ0) is 10.7. The smallest absolute Gasteiger partial charge is 0.0822 e. The second-order valence-electron chi connectivity index (χ2n) is 3.40. The van der Waals surface area contributed by atoms with Crippen LogP contribution >= 0.6 is 27.5 Å². The molecule has 2 rings (SSSR count). The van der Waals surface area contributed by atoms with Crippen LogP contribution in [0, 0.1) is 0 Å². The summed E-state index contributed by atoms with van der Waals surface area (Å²) in [6.07, 6.45) is 3.44. The van der Waals surface area contributed by atoms with Crippen molar-refractivity contribution in [2.24, 2.45) is 0 Å². The highest BCUT2D eigenvalue weighted by Gasteiger charge is 2.23. The number of hydrogen-bond acceptors (Lipinski definition) is 3. The zero-order valence-electron chi connectivity index (χ0n) is 8.20. The fraction of sp³-hybridized carbons (Fsp3) is 0.500. The van der Waals surface area contributed by atoms with Gasteiger partial charge in [0.15, 0.2) is 0 Å². The van der Waals surface area contributed by atoms with Crippen LogP contribution in [0.15, 0.2) is 18.5 Å². The first-order chi connectivity index (χ1) is 7.33. The molecule has 0 N–H and O–H groups in total. The van der Waals surface area contributed by atoms with Crippen LogP contribution in [0.4, 0.5) is 5.69 Å². The van der Waals surface area contributed by atoms with E-state index >= 15 is 0 Å². The van der Waals surface area contributed by atoms with Gasteiger partial charge >= 0.3 is 0 Å². The van der Waals surface area contributed by atoms with E-state index in [-0.39, 0.29) is 0 Å². The number of aromatic nitrogens is 1. The summed E-state index contributed by atoms with van der Waals surface area (Å²) in [6, 6.07) is 2.29. The molecule has 1 saturated heterocycles. The number of hydrogen-bond donors (Lipinski definition) is 0. The number of ether oxygens (including phenoxy) is 1. The van der Waals surface area contributed by atoms with E-state index < -0.39 is 0 Å². The minimum Gasteiger partial charge on any atom is -0.377 e. The van der Waals surface area contributed by atoms with Gasteiger partial charge in [-0.15, -0.1) is 0 Å². The molecule has 15 heavy (non-hydrogen) atoms. The van der Waals surface area contributed by atoms with Crippen molar-refractivity contribution >= 4 is 33.2 Å². The van der Waals surface area contributed by atoms with Crippen LogP contribution < -0.4 is 4.90 Å². The number of morpholine rings is 1. The number of pyridine rings is 1. The Hall–Kier alpha value is -0.320. The number of anilines is 1. The Morgan fingerprint density at radius 1 is 1.67 bits per heavy atom. The van der Waals surface area contributed by atoms with E-state index in [0.29, 0.717) is 11.1 Å². The highest BCUT2D eigenvalue weighted by Crippen LogP contribution is 2.27. The Labute approximate surface area is 103 Å². The summed E-state index contributed by atoms with van der Waals surface area (Å²) in [4.78, 5) is 6.26. The molecule has 0 aromatic carbocycles. The first-order valence-electron chi connectivity index (χ1n) is 4.83. The van der Waals surface area contributed by atoms with Crippen molar-refractivity contribution in [1.82, 2.24) is 4.98 Å². The second kappa shape index (κ2) is 5.14. The van der Waals surface area contributed by atoms with Gasteiger partial charge in [0.1, 0.15) is 0 Å². The fourth-order valence-corrected chi connectivity index (χ4v) is 2.46. The van der Waals surface area contributed by atoms with Crippen molar-refractivity contribution in [2.45, 2.75) is 6.04 Å². The molecule has 0 aliphatic carbocycles. The van der Waals surface area contributed by atoms with Gasteiger partial charge in [0.05, 0.1) is 30.0 Å². The highest BCUT2D eigenvalue weighted by molar-refractivity contribution is 9.09. The van der Waals surface area contributed by atoms with Crippen LogP contribution in [0.5, 0.6) is 0 Å².